The molecule has 1 unspecified atom stereocenters. The van der Waals surface area contributed by atoms with Gasteiger partial charge in [0.1, 0.15) is 6.04 Å². The second-order valence-electron chi connectivity index (χ2n) is 4.93. The quantitative estimate of drug-likeness (QED) is 0.456. The Morgan fingerprint density at radius 1 is 1.32 bits per heavy atom. The van der Waals surface area contributed by atoms with Crippen molar-refractivity contribution in [2.75, 3.05) is 12.4 Å². The lowest BCUT2D eigenvalue weighted by molar-refractivity contribution is -0.144. The van der Waals surface area contributed by atoms with Gasteiger partial charge in [0, 0.05) is 6.61 Å². The van der Waals surface area contributed by atoms with Crippen molar-refractivity contribution in [2.45, 2.75) is 38.3 Å². The Balaban J connectivity index is 2.80. The average molecular weight is 325 g/mol. The number of hydrogen-bond acceptors (Lipinski definition) is 4. The van der Waals surface area contributed by atoms with Crippen LogP contribution in [0.3, 0.4) is 0 Å². The third-order valence-corrected chi connectivity index (χ3v) is 3.41. The number of carbonyl (C=O) groups excluding carboxylic acids is 1. The van der Waals surface area contributed by atoms with Crippen LogP contribution in [-0.2, 0) is 14.3 Å². The first kappa shape index (κ1) is 18.5. The van der Waals surface area contributed by atoms with Crippen molar-refractivity contribution in [2.24, 2.45) is 0 Å². The van der Waals surface area contributed by atoms with E-state index in [0.717, 1.165) is 12.8 Å². The molecule has 0 aromatic heterocycles. The summed E-state index contributed by atoms with van der Waals surface area (Å²) >= 11 is 4.02. The zero-order valence-electron chi connectivity index (χ0n) is 12.7. The lowest BCUT2D eigenvalue weighted by Crippen LogP contribution is -2.43. The number of thiol groups is 1. The van der Waals surface area contributed by atoms with Gasteiger partial charge in [0.05, 0.1) is 0 Å². The van der Waals surface area contributed by atoms with Crippen molar-refractivity contribution in [3.63, 3.8) is 0 Å². The van der Waals surface area contributed by atoms with Crippen LogP contribution >= 0.6 is 12.6 Å². The molecule has 0 fully saturated rings. The first-order chi connectivity index (χ1) is 10.6. The summed E-state index contributed by atoms with van der Waals surface area (Å²) in [6.45, 7) is 2.49. The van der Waals surface area contributed by atoms with Crippen LogP contribution < -0.4 is 5.32 Å². The van der Waals surface area contributed by atoms with Crippen LogP contribution in [0.25, 0.3) is 0 Å². The van der Waals surface area contributed by atoms with Crippen LogP contribution in [0.5, 0.6) is 0 Å². The highest BCUT2D eigenvalue weighted by Crippen LogP contribution is 2.18. The van der Waals surface area contributed by atoms with Crippen LogP contribution in [0.1, 0.15) is 37.9 Å². The van der Waals surface area contributed by atoms with Crippen LogP contribution in [0.2, 0.25) is 0 Å². The third kappa shape index (κ3) is 6.07. The lowest BCUT2D eigenvalue weighted by Gasteiger charge is -2.21. The molecule has 0 aliphatic heterocycles. The highest BCUT2D eigenvalue weighted by atomic mass is 32.1. The summed E-state index contributed by atoms with van der Waals surface area (Å²) in [5.74, 6) is -1.12. The second kappa shape index (κ2) is 10.2. The molecule has 0 spiro atoms. The van der Waals surface area contributed by atoms with Gasteiger partial charge in [0.15, 0.2) is 6.10 Å². The van der Waals surface area contributed by atoms with Gasteiger partial charge in [-0.3, -0.25) is 4.79 Å². The van der Waals surface area contributed by atoms with E-state index in [9.17, 15) is 9.59 Å². The Bertz CT molecular complexity index is 466. The van der Waals surface area contributed by atoms with E-state index in [1.807, 2.05) is 25.1 Å². The fourth-order valence-corrected chi connectivity index (χ4v) is 2.19. The van der Waals surface area contributed by atoms with Gasteiger partial charge in [-0.2, -0.15) is 12.6 Å². The molecule has 0 saturated carbocycles. The molecule has 1 rings (SSSR count). The van der Waals surface area contributed by atoms with Gasteiger partial charge >= 0.3 is 5.97 Å². The predicted molar refractivity (Wildman–Crippen MR) is 88.1 cm³/mol. The first-order valence-electron chi connectivity index (χ1n) is 7.40. The van der Waals surface area contributed by atoms with Gasteiger partial charge in [0.2, 0.25) is 0 Å². The van der Waals surface area contributed by atoms with E-state index < -0.39 is 24.0 Å². The smallest absolute Gasteiger partial charge is 0.326 e. The number of unbranched alkanes of at least 4 members (excludes halogenated alkanes) is 1. The van der Waals surface area contributed by atoms with Gasteiger partial charge in [0.25, 0.3) is 5.91 Å². The summed E-state index contributed by atoms with van der Waals surface area (Å²) in [5.41, 5.74) is 0.714. The monoisotopic (exact) mass is 325 g/mol. The molecule has 122 valence electrons. The standard InChI is InChI=1S/C16H23NO4S/c1-2-3-10-21-14(12-7-5-4-6-8-12)15(18)17-13(9-11-22)16(19)20/h4-8,13-14,22H,2-3,9-11H2,1H3,(H,17,18)(H,19,20)/t13-,14?/m0/s1. The third-order valence-electron chi connectivity index (χ3n) is 3.16. The van der Waals surface area contributed by atoms with Crippen molar-refractivity contribution >= 4 is 24.5 Å². The maximum atomic E-state index is 12.4. The number of aliphatic carboxylic acids is 1. The maximum absolute atomic E-state index is 12.4. The van der Waals surface area contributed by atoms with Crippen molar-refractivity contribution in [1.82, 2.24) is 5.32 Å². The molecule has 22 heavy (non-hydrogen) atoms. The van der Waals surface area contributed by atoms with E-state index in [-0.39, 0.29) is 6.42 Å². The molecular formula is C16H23NO4S. The average Bonchev–Trinajstić information content (AvgIpc) is 2.51. The molecular weight excluding hydrogens is 302 g/mol. The Morgan fingerprint density at radius 3 is 2.55 bits per heavy atom. The number of rotatable bonds is 10. The first-order valence-corrected chi connectivity index (χ1v) is 8.04. The van der Waals surface area contributed by atoms with Gasteiger partial charge in [-0.25, -0.2) is 4.79 Å². The Kier molecular flexibility index (Phi) is 8.62. The minimum absolute atomic E-state index is 0.265. The fraction of sp³-hybridized carbons (Fsp3) is 0.500. The molecule has 2 atom stereocenters. The lowest BCUT2D eigenvalue weighted by atomic mass is 10.1. The Morgan fingerprint density at radius 2 is 2.00 bits per heavy atom. The summed E-state index contributed by atoms with van der Waals surface area (Å²) in [5, 5.41) is 11.7. The molecule has 6 heteroatoms. The van der Waals surface area contributed by atoms with E-state index in [0.29, 0.717) is 17.9 Å². The summed E-state index contributed by atoms with van der Waals surface area (Å²) < 4.78 is 5.67. The molecule has 0 saturated heterocycles. The summed E-state index contributed by atoms with van der Waals surface area (Å²) in [6, 6.07) is 8.13. The Hall–Kier alpha value is -1.53. The van der Waals surface area contributed by atoms with Gasteiger partial charge in [-0.15, -0.1) is 0 Å². The minimum Gasteiger partial charge on any atom is -0.480 e. The van der Waals surface area contributed by atoms with Crippen LogP contribution in [0, 0.1) is 0 Å². The molecule has 5 nitrogen and oxygen atoms in total. The number of nitrogens with one attached hydrogen (secondary N) is 1. The maximum Gasteiger partial charge on any atom is 0.326 e. The Labute approximate surface area is 136 Å². The summed E-state index contributed by atoms with van der Waals surface area (Å²) in [4.78, 5) is 23.6. The number of benzene rings is 1. The zero-order chi connectivity index (χ0) is 16.4. The number of carbonyl (C=O) groups is 2. The van der Waals surface area contributed by atoms with Crippen LogP contribution in [0.15, 0.2) is 30.3 Å². The summed E-state index contributed by atoms with van der Waals surface area (Å²) in [6.07, 6.45) is 1.27. The zero-order valence-corrected chi connectivity index (χ0v) is 13.6. The molecule has 0 aliphatic carbocycles. The molecule has 0 radical (unpaired) electrons. The molecule has 0 heterocycles. The van der Waals surface area contributed by atoms with E-state index in [1.54, 1.807) is 12.1 Å². The van der Waals surface area contributed by atoms with Gasteiger partial charge < -0.3 is 15.2 Å². The molecule has 2 N–H and O–H groups in total. The molecule has 1 aromatic carbocycles. The van der Waals surface area contributed by atoms with Crippen molar-refractivity contribution in [3.8, 4) is 0 Å². The molecule has 0 aliphatic rings. The van der Waals surface area contributed by atoms with Crippen LogP contribution in [-0.4, -0.2) is 35.4 Å². The normalized spacial score (nSPS) is 13.4. The van der Waals surface area contributed by atoms with Crippen LogP contribution in [0.4, 0.5) is 0 Å². The molecule has 1 amide bonds. The fourth-order valence-electron chi connectivity index (χ4n) is 1.93. The van der Waals surface area contributed by atoms with E-state index >= 15 is 0 Å². The summed E-state index contributed by atoms with van der Waals surface area (Å²) in [7, 11) is 0. The SMILES string of the molecule is CCCCOC(C(=O)N[C@@H](CCS)C(=O)O)c1ccccc1. The highest BCUT2D eigenvalue weighted by Gasteiger charge is 2.26. The number of carboxylic acid groups (broad SMARTS) is 1. The molecule has 1 aromatic rings. The van der Waals surface area contributed by atoms with E-state index in [4.69, 9.17) is 9.84 Å². The highest BCUT2D eigenvalue weighted by molar-refractivity contribution is 7.80. The predicted octanol–water partition coefficient (Wildman–Crippen LogP) is 2.43. The van der Waals surface area contributed by atoms with E-state index in [1.165, 1.54) is 0 Å². The van der Waals surface area contributed by atoms with Gasteiger partial charge in [-0.1, -0.05) is 43.7 Å². The number of amides is 1. The number of ether oxygens (including phenoxy) is 1. The molecule has 0 bridgehead atoms. The van der Waals surface area contributed by atoms with Crippen molar-refractivity contribution in [1.29, 1.82) is 0 Å². The topological polar surface area (TPSA) is 75.6 Å². The number of carboxylic acids is 1. The number of hydrogen-bond donors (Lipinski definition) is 3. The minimum atomic E-state index is -1.07. The van der Waals surface area contributed by atoms with Gasteiger partial charge in [-0.05, 0) is 24.2 Å². The van der Waals surface area contributed by atoms with E-state index in [2.05, 4.69) is 17.9 Å². The second-order valence-corrected chi connectivity index (χ2v) is 5.37. The largest absolute Gasteiger partial charge is 0.480 e. The van der Waals surface area contributed by atoms with Crippen molar-refractivity contribution in [3.05, 3.63) is 35.9 Å². The van der Waals surface area contributed by atoms with Crippen molar-refractivity contribution < 1.29 is 19.4 Å².